The number of aliphatic hydroxyl groups excluding tert-OH is 1. The van der Waals surface area contributed by atoms with Crippen LogP contribution in [-0.2, 0) is 4.74 Å². The highest BCUT2D eigenvalue weighted by Gasteiger charge is 2.13. The molecular formula is C15H31NO2. The van der Waals surface area contributed by atoms with Crippen LogP contribution in [0.1, 0.15) is 52.9 Å². The summed E-state index contributed by atoms with van der Waals surface area (Å²) in [6, 6.07) is 0. The third-order valence-corrected chi connectivity index (χ3v) is 3.58. The summed E-state index contributed by atoms with van der Waals surface area (Å²) in [5, 5.41) is 9.93. The topological polar surface area (TPSA) is 32.7 Å². The third-order valence-electron chi connectivity index (χ3n) is 3.58. The highest BCUT2D eigenvalue weighted by atomic mass is 16.5. The Bertz CT molecular complexity index is 207. The van der Waals surface area contributed by atoms with Crippen molar-refractivity contribution in [3.63, 3.8) is 0 Å². The smallest absolute Gasteiger partial charge is 0.0594 e. The molecule has 1 atom stereocenters. The maximum Gasteiger partial charge on any atom is 0.0594 e. The van der Waals surface area contributed by atoms with E-state index in [0.717, 1.165) is 58.5 Å². The molecule has 1 aliphatic rings. The first-order valence-corrected chi connectivity index (χ1v) is 7.45. The van der Waals surface area contributed by atoms with Crippen molar-refractivity contribution < 1.29 is 9.84 Å². The summed E-state index contributed by atoms with van der Waals surface area (Å²) in [6.45, 7) is 11.7. The summed E-state index contributed by atoms with van der Waals surface area (Å²) in [5.74, 6) is 0. The molecule has 0 aliphatic carbocycles. The van der Waals surface area contributed by atoms with Crippen molar-refractivity contribution in [1.82, 2.24) is 4.90 Å². The van der Waals surface area contributed by atoms with Crippen LogP contribution in [0.3, 0.4) is 0 Å². The average molecular weight is 257 g/mol. The van der Waals surface area contributed by atoms with E-state index in [1.165, 1.54) is 6.42 Å². The van der Waals surface area contributed by atoms with E-state index in [2.05, 4.69) is 25.7 Å². The molecule has 0 spiro atoms. The number of hydrogen-bond acceptors (Lipinski definition) is 3. The molecular weight excluding hydrogens is 226 g/mol. The van der Waals surface area contributed by atoms with Gasteiger partial charge in [-0.25, -0.2) is 0 Å². The molecule has 1 saturated heterocycles. The monoisotopic (exact) mass is 257 g/mol. The van der Waals surface area contributed by atoms with Gasteiger partial charge in [0.05, 0.1) is 19.3 Å². The van der Waals surface area contributed by atoms with Gasteiger partial charge in [-0.05, 0) is 37.6 Å². The molecule has 1 N–H and O–H groups in total. The van der Waals surface area contributed by atoms with Crippen LogP contribution >= 0.6 is 0 Å². The zero-order valence-corrected chi connectivity index (χ0v) is 12.5. The number of nitrogens with zero attached hydrogens (tertiary/aromatic N) is 1. The average Bonchev–Trinajstić information content (AvgIpc) is 2.28. The van der Waals surface area contributed by atoms with Crippen molar-refractivity contribution in [2.45, 2.75) is 59.0 Å². The molecule has 0 amide bonds. The lowest BCUT2D eigenvalue weighted by Crippen LogP contribution is -2.37. The number of ether oxygens (including phenoxy) is 1. The van der Waals surface area contributed by atoms with Gasteiger partial charge in [-0.2, -0.15) is 0 Å². The summed E-state index contributed by atoms with van der Waals surface area (Å²) < 4.78 is 5.32. The predicted molar refractivity (Wildman–Crippen MR) is 75.8 cm³/mol. The second-order valence-electron chi connectivity index (χ2n) is 6.70. The van der Waals surface area contributed by atoms with Crippen LogP contribution < -0.4 is 0 Å². The van der Waals surface area contributed by atoms with E-state index in [1.807, 2.05) is 0 Å². The second-order valence-corrected chi connectivity index (χ2v) is 6.70. The van der Waals surface area contributed by atoms with Crippen LogP contribution in [0.15, 0.2) is 0 Å². The molecule has 0 bridgehead atoms. The van der Waals surface area contributed by atoms with Gasteiger partial charge >= 0.3 is 0 Å². The van der Waals surface area contributed by atoms with Gasteiger partial charge in [0.25, 0.3) is 0 Å². The molecule has 0 aromatic rings. The molecule has 1 aliphatic heterocycles. The molecule has 3 heteroatoms. The summed E-state index contributed by atoms with van der Waals surface area (Å²) in [7, 11) is 0. The molecule has 1 rings (SSSR count). The third kappa shape index (κ3) is 8.06. The predicted octanol–water partition coefficient (Wildman–Crippen LogP) is 2.68. The zero-order valence-electron chi connectivity index (χ0n) is 12.5. The lowest BCUT2D eigenvalue weighted by Gasteiger charge is -2.26. The van der Waals surface area contributed by atoms with E-state index >= 15 is 0 Å². The molecule has 1 fully saturated rings. The van der Waals surface area contributed by atoms with Gasteiger partial charge in [0.1, 0.15) is 0 Å². The molecule has 0 aromatic carbocycles. The van der Waals surface area contributed by atoms with E-state index in [-0.39, 0.29) is 6.10 Å². The molecule has 0 radical (unpaired) electrons. The van der Waals surface area contributed by atoms with Crippen molar-refractivity contribution in [2.24, 2.45) is 5.41 Å². The lowest BCUT2D eigenvalue weighted by molar-refractivity contribution is 0.0349. The van der Waals surface area contributed by atoms with E-state index in [1.54, 1.807) is 0 Å². The standard InChI is InChI=1S/C15H31NO2/c1-15(2,3)8-4-6-14(17)7-5-9-16-10-12-18-13-11-16/h14,17H,4-13H2,1-3H3. The molecule has 108 valence electrons. The first-order valence-electron chi connectivity index (χ1n) is 7.45. The number of rotatable bonds is 7. The fourth-order valence-corrected chi connectivity index (χ4v) is 2.39. The van der Waals surface area contributed by atoms with Gasteiger partial charge in [-0.1, -0.05) is 27.2 Å². The van der Waals surface area contributed by atoms with Crippen LogP contribution in [0.2, 0.25) is 0 Å². The van der Waals surface area contributed by atoms with Gasteiger partial charge in [0, 0.05) is 13.1 Å². The fourth-order valence-electron chi connectivity index (χ4n) is 2.39. The summed E-state index contributed by atoms with van der Waals surface area (Å²) in [6.07, 6.45) is 5.25. The Balaban J connectivity index is 1.97. The van der Waals surface area contributed by atoms with Crippen LogP contribution in [0.25, 0.3) is 0 Å². The second kappa shape index (κ2) is 8.13. The normalized spacial score (nSPS) is 20.0. The van der Waals surface area contributed by atoms with Crippen LogP contribution in [0.4, 0.5) is 0 Å². The molecule has 18 heavy (non-hydrogen) atoms. The SMILES string of the molecule is CC(C)(C)CCCC(O)CCCN1CCOCC1. The Kier molecular flexibility index (Phi) is 7.20. The lowest BCUT2D eigenvalue weighted by atomic mass is 9.89. The van der Waals surface area contributed by atoms with Crippen molar-refractivity contribution in [1.29, 1.82) is 0 Å². The quantitative estimate of drug-likeness (QED) is 0.761. The van der Waals surface area contributed by atoms with Crippen LogP contribution in [0.5, 0.6) is 0 Å². The van der Waals surface area contributed by atoms with Gasteiger partial charge < -0.3 is 9.84 Å². The van der Waals surface area contributed by atoms with E-state index in [0.29, 0.717) is 5.41 Å². The highest BCUT2D eigenvalue weighted by molar-refractivity contribution is 4.66. The molecule has 1 unspecified atom stereocenters. The molecule has 0 aromatic heterocycles. The maximum atomic E-state index is 9.93. The van der Waals surface area contributed by atoms with Crippen molar-refractivity contribution in [3.05, 3.63) is 0 Å². The molecule has 0 saturated carbocycles. The van der Waals surface area contributed by atoms with Crippen LogP contribution in [0, 0.1) is 5.41 Å². The minimum Gasteiger partial charge on any atom is -0.393 e. The Hall–Kier alpha value is -0.120. The Morgan fingerprint density at radius 2 is 1.72 bits per heavy atom. The summed E-state index contributed by atoms with van der Waals surface area (Å²) in [4.78, 5) is 2.44. The fraction of sp³-hybridized carbons (Fsp3) is 1.00. The van der Waals surface area contributed by atoms with Gasteiger partial charge in [0.15, 0.2) is 0 Å². The Morgan fingerprint density at radius 1 is 1.11 bits per heavy atom. The van der Waals surface area contributed by atoms with E-state index in [9.17, 15) is 5.11 Å². The van der Waals surface area contributed by atoms with Crippen molar-refractivity contribution >= 4 is 0 Å². The van der Waals surface area contributed by atoms with Gasteiger partial charge in [0.2, 0.25) is 0 Å². The minimum absolute atomic E-state index is 0.103. The van der Waals surface area contributed by atoms with Gasteiger partial charge in [-0.15, -0.1) is 0 Å². The highest BCUT2D eigenvalue weighted by Crippen LogP contribution is 2.22. The number of hydrogen-bond donors (Lipinski definition) is 1. The van der Waals surface area contributed by atoms with E-state index in [4.69, 9.17) is 4.74 Å². The van der Waals surface area contributed by atoms with E-state index < -0.39 is 0 Å². The first-order chi connectivity index (χ1) is 8.47. The summed E-state index contributed by atoms with van der Waals surface area (Å²) in [5.41, 5.74) is 0.396. The minimum atomic E-state index is -0.103. The van der Waals surface area contributed by atoms with Crippen molar-refractivity contribution in [2.75, 3.05) is 32.8 Å². The Labute approximate surface area is 113 Å². The maximum absolute atomic E-state index is 9.93. The number of morpholine rings is 1. The largest absolute Gasteiger partial charge is 0.393 e. The summed E-state index contributed by atoms with van der Waals surface area (Å²) >= 11 is 0. The molecule has 3 nitrogen and oxygen atoms in total. The Morgan fingerprint density at radius 3 is 2.33 bits per heavy atom. The number of aliphatic hydroxyl groups is 1. The van der Waals surface area contributed by atoms with Gasteiger partial charge in [-0.3, -0.25) is 4.90 Å². The molecule has 1 heterocycles. The van der Waals surface area contributed by atoms with Crippen molar-refractivity contribution in [3.8, 4) is 0 Å². The van der Waals surface area contributed by atoms with Crippen LogP contribution in [-0.4, -0.2) is 49.0 Å². The first kappa shape index (κ1) is 15.9. The zero-order chi connectivity index (χ0) is 13.4.